The van der Waals surface area contributed by atoms with E-state index in [9.17, 15) is 15.3 Å². The molecule has 0 aliphatic rings. The molecule has 5 N–H and O–H groups in total. The molecular formula is C37H77N3O3. The van der Waals surface area contributed by atoms with Crippen LogP contribution in [0.15, 0.2) is 4.99 Å². The van der Waals surface area contributed by atoms with Crippen molar-refractivity contribution in [3.8, 4) is 0 Å². The highest BCUT2D eigenvalue weighted by atomic mass is 16.3. The molecule has 0 aliphatic carbocycles. The van der Waals surface area contributed by atoms with E-state index in [1.54, 1.807) is 0 Å². The summed E-state index contributed by atoms with van der Waals surface area (Å²) in [6.45, 7) is 7.96. The molecule has 6 nitrogen and oxygen atoms in total. The van der Waals surface area contributed by atoms with Gasteiger partial charge >= 0.3 is 0 Å². The van der Waals surface area contributed by atoms with Crippen LogP contribution in [0.5, 0.6) is 0 Å². The number of hydrogen-bond donors (Lipinski definition) is 5. The Morgan fingerprint density at radius 1 is 0.419 bits per heavy atom. The fraction of sp³-hybridized carbons (Fsp3) is 0.973. The largest absolute Gasteiger partial charge is 0.391 e. The smallest absolute Gasteiger partial charge is 0.191 e. The van der Waals surface area contributed by atoms with Crippen LogP contribution in [-0.4, -0.2) is 59.2 Å². The first-order valence-corrected chi connectivity index (χ1v) is 19.1. The van der Waals surface area contributed by atoms with Gasteiger partial charge in [-0.05, 0) is 19.3 Å². The summed E-state index contributed by atoms with van der Waals surface area (Å²) in [6.07, 6.45) is 31.3. The Kier molecular flexibility index (Phi) is 33.4. The molecule has 3 unspecified atom stereocenters. The molecule has 0 spiro atoms. The lowest BCUT2D eigenvalue weighted by Gasteiger charge is -2.18. The predicted octanol–water partition coefficient (Wildman–Crippen LogP) is 9.20. The van der Waals surface area contributed by atoms with Gasteiger partial charge in [-0.15, -0.1) is 0 Å². The van der Waals surface area contributed by atoms with E-state index in [0.717, 1.165) is 38.5 Å². The number of rotatable bonds is 33. The maximum Gasteiger partial charge on any atom is 0.191 e. The molecule has 3 atom stereocenters. The lowest BCUT2D eigenvalue weighted by molar-refractivity contribution is 0.158. The van der Waals surface area contributed by atoms with Gasteiger partial charge in [-0.25, -0.2) is 0 Å². The second kappa shape index (κ2) is 34.0. The minimum atomic E-state index is -0.455. The molecule has 0 aromatic heterocycles. The van der Waals surface area contributed by atoms with Crippen molar-refractivity contribution < 1.29 is 15.3 Å². The molecule has 43 heavy (non-hydrogen) atoms. The second-order valence-electron chi connectivity index (χ2n) is 13.2. The summed E-state index contributed by atoms with van der Waals surface area (Å²) in [7, 11) is 0. The summed E-state index contributed by atoms with van der Waals surface area (Å²) in [5.41, 5.74) is 0. The van der Waals surface area contributed by atoms with Crippen LogP contribution in [0.25, 0.3) is 0 Å². The van der Waals surface area contributed by atoms with Crippen molar-refractivity contribution in [1.29, 1.82) is 0 Å². The number of aliphatic hydroxyl groups is 3. The lowest BCUT2D eigenvalue weighted by atomic mass is 10.1. The second-order valence-corrected chi connectivity index (χ2v) is 13.2. The zero-order chi connectivity index (χ0) is 31.6. The molecule has 0 amide bonds. The third kappa shape index (κ3) is 32.4. The Labute approximate surface area is 268 Å². The summed E-state index contributed by atoms with van der Waals surface area (Å²) in [5, 5.41) is 38.2. The number of aliphatic imine (C=N–C) groups is 1. The summed E-state index contributed by atoms with van der Waals surface area (Å²) in [4.78, 5) is 4.63. The number of nitrogens with one attached hydrogen (secondary N) is 2. The maximum atomic E-state index is 10.6. The highest BCUT2D eigenvalue weighted by molar-refractivity contribution is 5.79. The maximum absolute atomic E-state index is 10.6. The molecule has 0 aromatic carbocycles. The van der Waals surface area contributed by atoms with Crippen LogP contribution in [-0.2, 0) is 0 Å². The van der Waals surface area contributed by atoms with Gasteiger partial charge in [0.1, 0.15) is 0 Å². The van der Waals surface area contributed by atoms with E-state index < -0.39 is 18.3 Å². The van der Waals surface area contributed by atoms with E-state index >= 15 is 0 Å². The zero-order valence-corrected chi connectivity index (χ0v) is 29.2. The van der Waals surface area contributed by atoms with Crippen LogP contribution in [0, 0.1) is 0 Å². The third-order valence-electron chi connectivity index (χ3n) is 8.64. The molecule has 0 radical (unpaired) electrons. The van der Waals surface area contributed by atoms with Crippen molar-refractivity contribution >= 4 is 5.96 Å². The predicted molar refractivity (Wildman–Crippen MR) is 188 cm³/mol. The summed E-state index contributed by atoms with van der Waals surface area (Å²) in [5.74, 6) is 0.583. The van der Waals surface area contributed by atoms with Gasteiger partial charge in [0.15, 0.2) is 5.96 Å². The average molecular weight is 612 g/mol. The van der Waals surface area contributed by atoms with Gasteiger partial charge in [-0.2, -0.15) is 0 Å². The molecule has 0 fully saturated rings. The normalized spacial score (nSPS) is 13.5. The molecule has 0 saturated heterocycles. The van der Waals surface area contributed by atoms with Gasteiger partial charge in [-0.1, -0.05) is 175 Å². The first kappa shape index (κ1) is 42.1. The number of aliphatic hydroxyl groups excluding tert-OH is 3. The van der Waals surface area contributed by atoms with E-state index in [1.165, 1.54) is 135 Å². The van der Waals surface area contributed by atoms with E-state index in [1.807, 2.05) is 0 Å². The minimum absolute atomic E-state index is 0.341. The van der Waals surface area contributed by atoms with Crippen LogP contribution in [0.1, 0.15) is 194 Å². The van der Waals surface area contributed by atoms with Crippen molar-refractivity contribution in [3.05, 3.63) is 0 Å². The quantitative estimate of drug-likeness (QED) is 0.0290. The van der Waals surface area contributed by atoms with Crippen LogP contribution in [0.3, 0.4) is 0 Å². The molecule has 258 valence electrons. The SMILES string of the molecule is CCCCCCCCCCC(O)CN=C(NCC(O)CCCCCCCCCC)NCC(O)CCCCCCCCCC. The highest BCUT2D eigenvalue weighted by Crippen LogP contribution is 2.13. The van der Waals surface area contributed by atoms with Crippen LogP contribution < -0.4 is 10.6 Å². The molecule has 0 heterocycles. The van der Waals surface area contributed by atoms with E-state index in [4.69, 9.17) is 0 Å². The Morgan fingerprint density at radius 2 is 0.698 bits per heavy atom. The van der Waals surface area contributed by atoms with Gasteiger partial charge < -0.3 is 26.0 Å². The number of hydrogen-bond acceptors (Lipinski definition) is 4. The van der Waals surface area contributed by atoms with Gasteiger partial charge in [-0.3, -0.25) is 4.99 Å². The highest BCUT2D eigenvalue weighted by Gasteiger charge is 2.10. The topological polar surface area (TPSA) is 97.1 Å². The Balaban J connectivity index is 4.42. The Bertz CT molecular complexity index is 543. The summed E-state index contributed by atoms with van der Waals surface area (Å²) < 4.78 is 0. The van der Waals surface area contributed by atoms with Gasteiger partial charge in [0.25, 0.3) is 0 Å². The Hall–Kier alpha value is -0.850. The molecule has 6 heteroatoms. The van der Waals surface area contributed by atoms with Crippen molar-refractivity contribution in [2.24, 2.45) is 4.99 Å². The zero-order valence-electron chi connectivity index (χ0n) is 29.2. The standard InChI is InChI=1S/C37H77N3O3/c1-4-7-10-13-16-19-22-25-28-34(41)31-38-37(39-32-35(42)29-26-23-20-17-14-11-8-5-2)40-33-36(43)30-27-24-21-18-15-12-9-6-3/h34-36,41-43H,4-33H2,1-3H3,(H2,38,39,40). The van der Waals surface area contributed by atoms with Crippen molar-refractivity contribution in [1.82, 2.24) is 10.6 Å². The fourth-order valence-electron chi connectivity index (χ4n) is 5.64. The summed E-state index contributed by atoms with van der Waals surface area (Å²) in [6, 6.07) is 0. The molecule has 0 aromatic rings. The van der Waals surface area contributed by atoms with Gasteiger partial charge in [0.2, 0.25) is 0 Å². The average Bonchev–Trinajstić information content (AvgIpc) is 3.00. The first-order valence-electron chi connectivity index (χ1n) is 19.1. The number of unbranched alkanes of at least 4 members (excludes halogenated alkanes) is 21. The first-order chi connectivity index (χ1) is 21.0. The van der Waals surface area contributed by atoms with Crippen LogP contribution >= 0.6 is 0 Å². The van der Waals surface area contributed by atoms with Crippen LogP contribution in [0.4, 0.5) is 0 Å². The van der Waals surface area contributed by atoms with E-state index in [-0.39, 0.29) is 0 Å². The molecule has 0 aliphatic heterocycles. The number of nitrogens with zero attached hydrogens (tertiary/aromatic N) is 1. The summed E-state index contributed by atoms with van der Waals surface area (Å²) >= 11 is 0. The van der Waals surface area contributed by atoms with E-state index in [2.05, 4.69) is 36.4 Å². The van der Waals surface area contributed by atoms with Gasteiger partial charge in [0.05, 0.1) is 24.9 Å². The van der Waals surface area contributed by atoms with Gasteiger partial charge in [0, 0.05) is 13.1 Å². The van der Waals surface area contributed by atoms with Crippen LogP contribution in [0.2, 0.25) is 0 Å². The van der Waals surface area contributed by atoms with Crippen molar-refractivity contribution in [2.75, 3.05) is 19.6 Å². The fourth-order valence-corrected chi connectivity index (χ4v) is 5.64. The minimum Gasteiger partial charge on any atom is -0.391 e. The number of guanidine groups is 1. The molecule has 0 saturated carbocycles. The molecule has 0 rings (SSSR count). The van der Waals surface area contributed by atoms with Crippen molar-refractivity contribution in [3.63, 3.8) is 0 Å². The lowest BCUT2D eigenvalue weighted by Crippen LogP contribution is -2.44. The third-order valence-corrected chi connectivity index (χ3v) is 8.64. The van der Waals surface area contributed by atoms with E-state index in [0.29, 0.717) is 25.6 Å². The molecular weight excluding hydrogens is 534 g/mol. The van der Waals surface area contributed by atoms with Crippen molar-refractivity contribution in [2.45, 2.75) is 212 Å². The molecule has 0 bridgehead atoms. The monoisotopic (exact) mass is 612 g/mol. The Morgan fingerprint density at radius 3 is 1.02 bits per heavy atom.